The second-order valence-electron chi connectivity index (χ2n) is 2.81. The Morgan fingerprint density at radius 3 is 1.67 bits per heavy atom. The van der Waals surface area contributed by atoms with Crippen LogP contribution in [0.1, 0.15) is 5.56 Å². The molecule has 0 aliphatic heterocycles. The van der Waals surface area contributed by atoms with E-state index in [1.54, 1.807) is 0 Å². The fraction of sp³-hybridized carbons (Fsp3) is 0.0714. The van der Waals surface area contributed by atoms with Crippen LogP contribution in [0.5, 0.6) is 0 Å². The van der Waals surface area contributed by atoms with Crippen LogP contribution in [-0.2, 0) is 39.1 Å². The Labute approximate surface area is 118 Å². The molecule has 0 atom stereocenters. The van der Waals surface area contributed by atoms with Crippen LogP contribution in [0.15, 0.2) is 60.7 Å². The van der Waals surface area contributed by atoms with E-state index in [2.05, 4.69) is 25.1 Å². The molecule has 0 aromatic heterocycles. The van der Waals surface area contributed by atoms with E-state index in [4.69, 9.17) is 0 Å². The molecule has 1 radical (unpaired) electrons. The van der Waals surface area contributed by atoms with Gasteiger partial charge < -0.3 is 6.92 Å². The molecule has 0 saturated heterocycles. The van der Waals surface area contributed by atoms with Crippen molar-refractivity contribution in [1.29, 1.82) is 0 Å². The average molecular weight is 271 g/mol. The summed E-state index contributed by atoms with van der Waals surface area (Å²) in [6, 6.07) is 22.7. The van der Waals surface area contributed by atoms with Gasteiger partial charge in [0, 0.05) is 32.7 Å². The molecule has 0 aliphatic carbocycles. The van der Waals surface area contributed by atoms with Crippen LogP contribution in [0.2, 0.25) is 0 Å². The molecule has 0 unspecified atom stereocenters. The van der Waals surface area contributed by atoms with E-state index in [-0.39, 0.29) is 32.7 Å². The third kappa shape index (κ3) is 7.47. The summed E-state index contributed by atoms with van der Waals surface area (Å²) >= 11 is 0. The Balaban J connectivity index is 0.000000253. The van der Waals surface area contributed by atoms with Crippen LogP contribution >= 0.6 is 0 Å². The summed E-state index contributed by atoms with van der Waals surface area (Å²) in [6.45, 7) is 3.76. The molecule has 0 aliphatic rings. The van der Waals surface area contributed by atoms with Crippen molar-refractivity contribution in [2.45, 2.75) is 6.42 Å². The zero-order valence-electron chi connectivity index (χ0n) is 8.77. The largest absolute Gasteiger partial charge is 0.339 e. The molecular weight excluding hydrogens is 257 g/mol. The zero-order chi connectivity index (χ0) is 10.1. The predicted octanol–water partition coefficient (Wildman–Crippen LogP) is 3.55. The van der Waals surface area contributed by atoms with Crippen LogP contribution in [0.4, 0.5) is 0 Å². The minimum Gasteiger partial charge on any atom is -0.339 e. The monoisotopic (exact) mass is 271 g/mol. The van der Waals surface area contributed by atoms with Gasteiger partial charge in [-0.05, 0) is 0 Å². The maximum atomic E-state index is 3.76. The molecule has 75 valence electrons. The molecular formula is C14H14Y-2. The van der Waals surface area contributed by atoms with Gasteiger partial charge in [0.2, 0.25) is 0 Å². The van der Waals surface area contributed by atoms with Gasteiger partial charge in [0.1, 0.15) is 0 Å². The fourth-order valence-corrected chi connectivity index (χ4v) is 0.987. The van der Waals surface area contributed by atoms with Gasteiger partial charge in [0.25, 0.3) is 0 Å². The molecule has 0 spiro atoms. The minimum absolute atomic E-state index is 0. The maximum absolute atomic E-state index is 3.76. The summed E-state index contributed by atoms with van der Waals surface area (Å²) in [6.07, 6.45) is 0.890. The zero-order valence-corrected chi connectivity index (χ0v) is 11.6. The Kier molecular flexibility index (Phi) is 9.77. The quantitative estimate of drug-likeness (QED) is 0.696. The molecule has 0 bridgehead atoms. The molecule has 0 fully saturated rings. The van der Waals surface area contributed by atoms with Crippen LogP contribution in [-0.4, -0.2) is 0 Å². The van der Waals surface area contributed by atoms with Crippen LogP contribution in [0.3, 0.4) is 0 Å². The first kappa shape index (κ1) is 14.5. The molecule has 0 N–H and O–H groups in total. The van der Waals surface area contributed by atoms with E-state index in [1.807, 2.05) is 48.5 Å². The SMILES string of the molecule is [CH2-]Cc1ccccc1.[Y].[c-]1ccccc1. The Morgan fingerprint density at radius 1 is 0.867 bits per heavy atom. The van der Waals surface area contributed by atoms with E-state index in [0.29, 0.717) is 0 Å². The molecule has 0 amide bonds. The molecule has 0 saturated carbocycles. The van der Waals surface area contributed by atoms with Crippen molar-refractivity contribution >= 4 is 0 Å². The number of benzene rings is 2. The molecule has 0 nitrogen and oxygen atoms in total. The van der Waals surface area contributed by atoms with E-state index in [9.17, 15) is 0 Å². The Bertz CT molecular complexity index is 289. The van der Waals surface area contributed by atoms with Crippen LogP contribution in [0.25, 0.3) is 0 Å². The molecule has 15 heavy (non-hydrogen) atoms. The molecule has 0 heterocycles. The normalized spacial score (nSPS) is 8.07. The molecule has 2 aromatic carbocycles. The average Bonchev–Trinajstić information content (AvgIpc) is 2.33. The third-order valence-electron chi connectivity index (χ3n) is 1.74. The minimum atomic E-state index is 0. The maximum Gasteiger partial charge on any atom is 0 e. The van der Waals surface area contributed by atoms with Crippen molar-refractivity contribution in [2.75, 3.05) is 0 Å². The topological polar surface area (TPSA) is 0 Å². The third-order valence-corrected chi connectivity index (χ3v) is 1.74. The summed E-state index contributed by atoms with van der Waals surface area (Å²) < 4.78 is 0. The van der Waals surface area contributed by atoms with Gasteiger partial charge in [0.05, 0.1) is 0 Å². The van der Waals surface area contributed by atoms with Gasteiger partial charge in [-0.2, -0.15) is 42.8 Å². The summed E-state index contributed by atoms with van der Waals surface area (Å²) in [5, 5.41) is 0. The molecule has 2 rings (SSSR count). The van der Waals surface area contributed by atoms with Crippen LogP contribution < -0.4 is 0 Å². The predicted molar refractivity (Wildman–Crippen MR) is 60.8 cm³/mol. The summed E-state index contributed by atoms with van der Waals surface area (Å²) in [5.74, 6) is 0. The van der Waals surface area contributed by atoms with Gasteiger partial charge in [-0.1, -0.05) is 35.9 Å². The first-order valence-corrected chi connectivity index (χ1v) is 4.67. The van der Waals surface area contributed by atoms with Gasteiger partial charge in [-0.25, -0.2) is 0 Å². The van der Waals surface area contributed by atoms with Gasteiger partial charge in [0.15, 0.2) is 0 Å². The van der Waals surface area contributed by atoms with Crippen LogP contribution in [0, 0.1) is 13.0 Å². The van der Waals surface area contributed by atoms with Crippen molar-refractivity contribution < 1.29 is 32.7 Å². The van der Waals surface area contributed by atoms with Crippen molar-refractivity contribution in [3.63, 3.8) is 0 Å². The van der Waals surface area contributed by atoms with E-state index in [1.165, 1.54) is 5.56 Å². The second kappa shape index (κ2) is 10.1. The van der Waals surface area contributed by atoms with Crippen molar-refractivity contribution in [1.82, 2.24) is 0 Å². The van der Waals surface area contributed by atoms with Crippen molar-refractivity contribution in [3.8, 4) is 0 Å². The first-order chi connectivity index (χ1) is 6.93. The Morgan fingerprint density at radius 2 is 1.40 bits per heavy atom. The Hall–Kier alpha value is -0.456. The van der Waals surface area contributed by atoms with E-state index in [0.717, 1.165) is 6.42 Å². The van der Waals surface area contributed by atoms with Gasteiger partial charge in [-0.3, -0.25) is 0 Å². The number of rotatable bonds is 1. The number of hydrogen-bond donors (Lipinski definition) is 0. The van der Waals surface area contributed by atoms with E-state index >= 15 is 0 Å². The first-order valence-electron chi connectivity index (χ1n) is 4.67. The smallest absolute Gasteiger partial charge is 0 e. The van der Waals surface area contributed by atoms with Gasteiger partial charge in [-0.15, -0.1) is 0 Å². The second-order valence-corrected chi connectivity index (χ2v) is 2.81. The van der Waals surface area contributed by atoms with E-state index < -0.39 is 0 Å². The summed E-state index contributed by atoms with van der Waals surface area (Å²) in [7, 11) is 0. The summed E-state index contributed by atoms with van der Waals surface area (Å²) in [5.41, 5.74) is 1.30. The standard InChI is InChI=1S/C8H9.C6H5.Y/c1-2-8-6-4-3-5-7-8;1-2-4-6-5-3-1;/h3-7H,1-2H2;1-5H;/q2*-1;. The summed E-state index contributed by atoms with van der Waals surface area (Å²) in [4.78, 5) is 0. The van der Waals surface area contributed by atoms with Gasteiger partial charge >= 0.3 is 0 Å². The fourth-order valence-electron chi connectivity index (χ4n) is 0.987. The van der Waals surface area contributed by atoms with Crippen molar-refractivity contribution in [2.24, 2.45) is 0 Å². The van der Waals surface area contributed by atoms with Crippen molar-refractivity contribution in [3.05, 3.63) is 79.2 Å². The molecule has 1 heteroatoms. The number of hydrogen-bond acceptors (Lipinski definition) is 0. The molecule has 2 aromatic rings.